The molecule has 2 fully saturated rings. The number of carbonyl (C=O) groups excluding carboxylic acids is 2. The number of nitrogens with one attached hydrogen (secondary N) is 1. The van der Waals surface area contributed by atoms with Gasteiger partial charge in [-0.05, 0) is 31.1 Å². The number of thioether (sulfide) groups is 1. The maximum absolute atomic E-state index is 12.3. The molecule has 5 atom stereocenters. The van der Waals surface area contributed by atoms with Crippen LogP contribution in [0.25, 0.3) is 0 Å². The van der Waals surface area contributed by atoms with E-state index in [1.54, 1.807) is 12.1 Å². The molecule has 118 valence electrons. The molecule has 5 heteroatoms. The first kappa shape index (κ1) is 15.6. The summed E-state index contributed by atoms with van der Waals surface area (Å²) in [5, 5.41) is 13.5. The molecular weight excluding hydrogens is 298 g/mol. The van der Waals surface area contributed by atoms with Crippen molar-refractivity contribution >= 4 is 22.8 Å². The number of rotatable bonds is 3. The first-order valence-corrected chi connectivity index (χ1v) is 8.65. The second-order valence-electron chi connectivity index (χ2n) is 6.25. The van der Waals surface area contributed by atoms with Gasteiger partial charge in [-0.15, -0.1) is 0 Å². The number of hydrogen-bond donors (Lipinski definition) is 2. The second kappa shape index (κ2) is 6.42. The predicted molar refractivity (Wildman–Crippen MR) is 86.6 cm³/mol. The Morgan fingerprint density at radius 1 is 1.18 bits per heavy atom. The zero-order valence-electron chi connectivity index (χ0n) is 12.6. The average molecular weight is 319 g/mol. The summed E-state index contributed by atoms with van der Waals surface area (Å²) < 4.78 is 0. The lowest BCUT2D eigenvalue weighted by molar-refractivity contribution is -0.119. The highest BCUT2D eigenvalue weighted by atomic mass is 32.2. The smallest absolute Gasteiger partial charge is 0.219 e. The van der Waals surface area contributed by atoms with Crippen LogP contribution in [0, 0.1) is 11.8 Å². The molecule has 1 aromatic carbocycles. The molecule has 2 N–H and O–H groups in total. The quantitative estimate of drug-likeness (QED) is 0.896. The van der Waals surface area contributed by atoms with Crippen LogP contribution in [-0.2, 0) is 4.79 Å². The fourth-order valence-corrected chi connectivity index (χ4v) is 5.09. The van der Waals surface area contributed by atoms with Gasteiger partial charge in [0.15, 0.2) is 0 Å². The monoisotopic (exact) mass is 319 g/mol. The predicted octanol–water partition coefficient (Wildman–Crippen LogP) is 2.22. The Morgan fingerprint density at radius 3 is 2.59 bits per heavy atom. The van der Waals surface area contributed by atoms with E-state index in [2.05, 4.69) is 5.32 Å². The first-order chi connectivity index (χ1) is 10.6. The lowest BCUT2D eigenvalue weighted by Gasteiger charge is -2.19. The highest BCUT2D eigenvalue weighted by Gasteiger charge is 2.50. The fourth-order valence-electron chi connectivity index (χ4n) is 3.88. The van der Waals surface area contributed by atoms with Crippen molar-refractivity contribution in [3.05, 3.63) is 35.9 Å². The Kier molecular flexibility index (Phi) is 4.54. The van der Waals surface area contributed by atoms with Crippen LogP contribution in [0.15, 0.2) is 30.3 Å². The third kappa shape index (κ3) is 3.06. The van der Waals surface area contributed by atoms with Gasteiger partial charge < -0.3 is 10.4 Å². The molecule has 2 aliphatic carbocycles. The minimum atomic E-state index is -0.457. The van der Waals surface area contributed by atoms with Gasteiger partial charge in [0, 0.05) is 23.8 Å². The Bertz CT molecular complexity index is 562. The number of aliphatic hydroxyl groups is 1. The Labute approximate surface area is 134 Å². The van der Waals surface area contributed by atoms with Crippen molar-refractivity contribution in [3.63, 3.8) is 0 Å². The van der Waals surface area contributed by atoms with Gasteiger partial charge in [-0.1, -0.05) is 42.1 Å². The van der Waals surface area contributed by atoms with Crippen molar-refractivity contribution in [2.75, 3.05) is 0 Å². The SMILES string of the molecule is CC(=O)NC1CCC2C(O)C(SC(=O)c3ccccc3)CC12. The van der Waals surface area contributed by atoms with Gasteiger partial charge in [-0.3, -0.25) is 9.59 Å². The average Bonchev–Trinajstić information content (AvgIpc) is 3.02. The first-order valence-electron chi connectivity index (χ1n) is 7.77. The van der Waals surface area contributed by atoms with Crippen molar-refractivity contribution in [1.82, 2.24) is 5.32 Å². The highest BCUT2D eigenvalue weighted by molar-refractivity contribution is 8.14. The summed E-state index contributed by atoms with van der Waals surface area (Å²) in [5.41, 5.74) is 0.676. The third-order valence-corrected chi connectivity index (χ3v) is 6.08. The van der Waals surface area contributed by atoms with Crippen LogP contribution in [0.2, 0.25) is 0 Å². The van der Waals surface area contributed by atoms with Crippen LogP contribution in [-0.4, -0.2) is 33.5 Å². The van der Waals surface area contributed by atoms with Crippen LogP contribution in [0.5, 0.6) is 0 Å². The molecule has 3 rings (SSSR count). The number of benzene rings is 1. The number of amides is 1. The largest absolute Gasteiger partial charge is 0.392 e. The Hall–Kier alpha value is -1.33. The van der Waals surface area contributed by atoms with E-state index in [0.717, 1.165) is 19.3 Å². The molecule has 0 aromatic heterocycles. The molecule has 2 aliphatic rings. The molecule has 0 spiro atoms. The Morgan fingerprint density at radius 2 is 1.91 bits per heavy atom. The van der Waals surface area contributed by atoms with E-state index in [1.807, 2.05) is 18.2 Å². The van der Waals surface area contributed by atoms with E-state index in [4.69, 9.17) is 0 Å². The molecule has 2 saturated carbocycles. The number of carbonyl (C=O) groups is 2. The summed E-state index contributed by atoms with van der Waals surface area (Å²) in [7, 11) is 0. The fraction of sp³-hybridized carbons (Fsp3) is 0.529. The van der Waals surface area contributed by atoms with E-state index in [9.17, 15) is 14.7 Å². The molecule has 0 saturated heterocycles. The maximum atomic E-state index is 12.3. The number of hydrogen-bond acceptors (Lipinski definition) is 4. The molecule has 4 nitrogen and oxygen atoms in total. The van der Waals surface area contributed by atoms with E-state index < -0.39 is 6.10 Å². The van der Waals surface area contributed by atoms with Crippen LogP contribution in [0.3, 0.4) is 0 Å². The van der Waals surface area contributed by atoms with Gasteiger partial charge >= 0.3 is 0 Å². The molecular formula is C17H21NO3S. The molecule has 1 amide bonds. The van der Waals surface area contributed by atoms with Crippen molar-refractivity contribution in [2.45, 2.75) is 43.6 Å². The normalized spacial score (nSPS) is 33.5. The zero-order valence-corrected chi connectivity index (χ0v) is 13.4. The van der Waals surface area contributed by atoms with E-state index >= 15 is 0 Å². The summed E-state index contributed by atoms with van der Waals surface area (Å²) in [6, 6.07) is 9.33. The van der Waals surface area contributed by atoms with Crippen molar-refractivity contribution in [2.24, 2.45) is 11.8 Å². The molecule has 0 radical (unpaired) electrons. The van der Waals surface area contributed by atoms with Crippen LogP contribution in [0.1, 0.15) is 36.5 Å². The van der Waals surface area contributed by atoms with Gasteiger partial charge in [0.1, 0.15) is 0 Å². The summed E-state index contributed by atoms with van der Waals surface area (Å²) in [6.07, 6.45) is 2.19. The summed E-state index contributed by atoms with van der Waals surface area (Å²) >= 11 is 1.24. The van der Waals surface area contributed by atoms with Crippen LogP contribution >= 0.6 is 11.8 Å². The molecule has 0 heterocycles. The molecule has 22 heavy (non-hydrogen) atoms. The minimum Gasteiger partial charge on any atom is -0.392 e. The highest BCUT2D eigenvalue weighted by Crippen LogP contribution is 2.48. The maximum Gasteiger partial charge on any atom is 0.219 e. The van der Waals surface area contributed by atoms with E-state index in [-0.39, 0.29) is 28.2 Å². The number of aliphatic hydroxyl groups excluding tert-OH is 1. The number of fused-ring (bicyclic) bond motifs is 1. The van der Waals surface area contributed by atoms with Gasteiger partial charge in [-0.2, -0.15) is 0 Å². The van der Waals surface area contributed by atoms with Gasteiger partial charge in [-0.25, -0.2) is 0 Å². The standard InChI is InChI=1S/C17H21NO3S/c1-10(19)18-14-8-7-12-13(14)9-15(16(12)20)22-17(21)11-5-3-2-4-6-11/h2-6,12-16,20H,7-9H2,1H3,(H,18,19). The van der Waals surface area contributed by atoms with E-state index in [1.165, 1.54) is 18.7 Å². The Balaban J connectivity index is 1.65. The van der Waals surface area contributed by atoms with Crippen molar-refractivity contribution < 1.29 is 14.7 Å². The van der Waals surface area contributed by atoms with Gasteiger partial charge in [0.05, 0.1) is 6.10 Å². The lowest BCUT2D eigenvalue weighted by atomic mass is 9.97. The zero-order chi connectivity index (χ0) is 15.7. The summed E-state index contributed by atoms with van der Waals surface area (Å²) in [6.45, 7) is 1.53. The molecule has 1 aromatic rings. The van der Waals surface area contributed by atoms with Crippen LogP contribution in [0.4, 0.5) is 0 Å². The van der Waals surface area contributed by atoms with Gasteiger partial charge in [0.2, 0.25) is 11.0 Å². The molecule has 5 unspecified atom stereocenters. The minimum absolute atomic E-state index is 0.0145. The van der Waals surface area contributed by atoms with E-state index in [0.29, 0.717) is 11.5 Å². The topological polar surface area (TPSA) is 66.4 Å². The molecule has 0 aliphatic heterocycles. The van der Waals surface area contributed by atoms with Gasteiger partial charge in [0.25, 0.3) is 0 Å². The van der Waals surface area contributed by atoms with Crippen molar-refractivity contribution in [3.8, 4) is 0 Å². The lowest BCUT2D eigenvalue weighted by Crippen LogP contribution is -2.36. The summed E-state index contributed by atoms with van der Waals surface area (Å²) in [5.74, 6) is 0.481. The third-order valence-electron chi connectivity index (χ3n) is 4.86. The second-order valence-corrected chi connectivity index (χ2v) is 7.46. The molecule has 0 bridgehead atoms. The van der Waals surface area contributed by atoms with Crippen molar-refractivity contribution in [1.29, 1.82) is 0 Å². The van der Waals surface area contributed by atoms with Crippen LogP contribution < -0.4 is 5.32 Å². The summed E-state index contributed by atoms with van der Waals surface area (Å²) in [4.78, 5) is 23.6.